The number of aromatic nitrogens is 1. The second-order valence-corrected chi connectivity index (χ2v) is 3.93. The fraction of sp³-hybridized carbons (Fsp3) is 0.143. The Kier molecular flexibility index (Phi) is 3.50. The number of hydrogen-bond donors (Lipinski definition) is 1. The minimum atomic E-state index is 0.530. The summed E-state index contributed by atoms with van der Waals surface area (Å²) in [5.41, 5.74) is 2.09. The second kappa shape index (κ2) is 5.25. The van der Waals surface area contributed by atoms with Gasteiger partial charge in [0, 0.05) is 31.5 Å². The van der Waals surface area contributed by atoms with Crippen molar-refractivity contribution in [3.63, 3.8) is 0 Å². The van der Waals surface area contributed by atoms with Gasteiger partial charge in [-0.05, 0) is 17.7 Å². The van der Waals surface area contributed by atoms with Crippen LogP contribution in [0, 0.1) is 5.41 Å². The SMILES string of the molecule is CN(Cc1ccncc1)C(=N)c1ccccc1. The zero-order chi connectivity index (χ0) is 12.1. The van der Waals surface area contributed by atoms with Gasteiger partial charge in [0.2, 0.25) is 0 Å². The van der Waals surface area contributed by atoms with Gasteiger partial charge >= 0.3 is 0 Å². The van der Waals surface area contributed by atoms with Crippen LogP contribution in [-0.2, 0) is 6.54 Å². The van der Waals surface area contributed by atoms with Crippen molar-refractivity contribution in [2.24, 2.45) is 0 Å². The molecule has 0 saturated heterocycles. The molecule has 1 aromatic carbocycles. The summed E-state index contributed by atoms with van der Waals surface area (Å²) in [5.74, 6) is 0.530. The summed E-state index contributed by atoms with van der Waals surface area (Å²) in [6.07, 6.45) is 3.55. The van der Waals surface area contributed by atoms with Gasteiger partial charge in [0.25, 0.3) is 0 Å². The second-order valence-electron chi connectivity index (χ2n) is 3.93. The molecule has 0 unspecified atom stereocenters. The Labute approximate surface area is 101 Å². The number of amidine groups is 1. The molecule has 86 valence electrons. The molecule has 0 saturated carbocycles. The predicted octanol–water partition coefficient (Wildman–Crippen LogP) is 2.54. The van der Waals surface area contributed by atoms with Crippen LogP contribution in [0.1, 0.15) is 11.1 Å². The third-order valence-electron chi connectivity index (χ3n) is 2.60. The van der Waals surface area contributed by atoms with Crippen molar-refractivity contribution in [3.05, 3.63) is 66.0 Å². The van der Waals surface area contributed by atoms with E-state index in [1.165, 1.54) is 0 Å². The number of hydrogen-bond acceptors (Lipinski definition) is 2. The van der Waals surface area contributed by atoms with Crippen LogP contribution in [0.5, 0.6) is 0 Å². The lowest BCUT2D eigenvalue weighted by Gasteiger charge is -2.20. The van der Waals surface area contributed by atoms with Gasteiger partial charge in [-0.1, -0.05) is 30.3 Å². The van der Waals surface area contributed by atoms with E-state index < -0.39 is 0 Å². The number of rotatable bonds is 3. The molecule has 0 aliphatic rings. The van der Waals surface area contributed by atoms with Crippen molar-refractivity contribution < 1.29 is 0 Å². The van der Waals surface area contributed by atoms with Crippen molar-refractivity contribution in [2.75, 3.05) is 7.05 Å². The molecule has 1 heterocycles. The van der Waals surface area contributed by atoms with Crippen molar-refractivity contribution >= 4 is 5.84 Å². The van der Waals surface area contributed by atoms with E-state index in [4.69, 9.17) is 5.41 Å². The minimum absolute atomic E-state index is 0.530. The van der Waals surface area contributed by atoms with Crippen LogP contribution in [0.25, 0.3) is 0 Å². The largest absolute Gasteiger partial charge is 0.355 e. The number of nitrogens with one attached hydrogen (secondary N) is 1. The Morgan fingerprint density at radius 1 is 1.12 bits per heavy atom. The predicted molar refractivity (Wildman–Crippen MR) is 69.0 cm³/mol. The molecule has 1 N–H and O–H groups in total. The topological polar surface area (TPSA) is 40.0 Å². The molecule has 0 bridgehead atoms. The first-order valence-corrected chi connectivity index (χ1v) is 5.51. The fourth-order valence-corrected chi connectivity index (χ4v) is 1.66. The molecule has 0 atom stereocenters. The lowest BCUT2D eigenvalue weighted by atomic mass is 10.2. The Balaban J connectivity index is 2.06. The summed E-state index contributed by atoms with van der Waals surface area (Å²) in [6.45, 7) is 0.718. The summed E-state index contributed by atoms with van der Waals surface area (Å²) in [7, 11) is 1.93. The van der Waals surface area contributed by atoms with Gasteiger partial charge in [0.15, 0.2) is 0 Å². The van der Waals surface area contributed by atoms with Crippen molar-refractivity contribution in [1.29, 1.82) is 5.41 Å². The standard InChI is InChI=1S/C14H15N3/c1-17(11-12-7-9-16-10-8-12)14(15)13-5-3-2-4-6-13/h2-10,15H,11H2,1H3. The lowest BCUT2D eigenvalue weighted by molar-refractivity contribution is 0.498. The van der Waals surface area contributed by atoms with Gasteiger partial charge in [-0.2, -0.15) is 0 Å². The molecule has 0 fully saturated rings. The Bertz CT molecular complexity index is 479. The third kappa shape index (κ3) is 2.91. The third-order valence-corrected chi connectivity index (χ3v) is 2.60. The van der Waals surface area contributed by atoms with Gasteiger partial charge in [0.1, 0.15) is 5.84 Å². The zero-order valence-corrected chi connectivity index (χ0v) is 9.80. The van der Waals surface area contributed by atoms with Gasteiger partial charge in [-0.3, -0.25) is 10.4 Å². The average Bonchev–Trinajstić information content (AvgIpc) is 2.40. The van der Waals surface area contributed by atoms with Gasteiger partial charge < -0.3 is 4.90 Å². The molecule has 0 spiro atoms. The molecular weight excluding hydrogens is 210 g/mol. The molecule has 1 aromatic heterocycles. The van der Waals surface area contributed by atoms with E-state index in [-0.39, 0.29) is 0 Å². The zero-order valence-electron chi connectivity index (χ0n) is 9.80. The highest BCUT2D eigenvalue weighted by Crippen LogP contribution is 2.07. The van der Waals surface area contributed by atoms with Crippen molar-refractivity contribution in [3.8, 4) is 0 Å². The number of nitrogens with zero attached hydrogens (tertiary/aromatic N) is 2. The minimum Gasteiger partial charge on any atom is -0.355 e. The van der Waals surface area contributed by atoms with Gasteiger partial charge in [-0.15, -0.1) is 0 Å². The monoisotopic (exact) mass is 225 g/mol. The number of pyridine rings is 1. The van der Waals surface area contributed by atoms with Crippen LogP contribution in [0.3, 0.4) is 0 Å². The first-order chi connectivity index (χ1) is 8.27. The first-order valence-electron chi connectivity index (χ1n) is 5.51. The van der Waals surface area contributed by atoms with E-state index in [1.54, 1.807) is 12.4 Å². The smallest absolute Gasteiger partial charge is 0.128 e. The van der Waals surface area contributed by atoms with E-state index in [0.717, 1.165) is 17.7 Å². The Hall–Kier alpha value is -2.16. The summed E-state index contributed by atoms with van der Waals surface area (Å²) in [5, 5.41) is 8.10. The van der Waals surface area contributed by atoms with Crippen LogP contribution in [-0.4, -0.2) is 22.8 Å². The van der Waals surface area contributed by atoms with Crippen molar-refractivity contribution in [2.45, 2.75) is 6.54 Å². The summed E-state index contributed by atoms with van der Waals surface area (Å²) in [4.78, 5) is 5.90. The highest BCUT2D eigenvalue weighted by atomic mass is 15.1. The maximum absolute atomic E-state index is 8.10. The number of benzene rings is 1. The molecule has 3 nitrogen and oxygen atoms in total. The molecule has 17 heavy (non-hydrogen) atoms. The van der Waals surface area contributed by atoms with Crippen LogP contribution >= 0.6 is 0 Å². The van der Waals surface area contributed by atoms with Crippen LogP contribution < -0.4 is 0 Å². The Morgan fingerprint density at radius 2 is 1.76 bits per heavy atom. The molecule has 0 amide bonds. The normalized spacial score (nSPS) is 9.94. The molecule has 0 aliphatic carbocycles. The maximum atomic E-state index is 8.10. The molecule has 0 aliphatic heterocycles. The van der Waals surface area contributed by atoms with Crippen molar-refractivity contribution in [1.82, 2.24) is 9.88 Å². The maximum Gasteiger partial charge on any atom is 0.128 e. The van der Waals surface area contributed by atoms with E-state index in [9.17, 15) is 0 Å². The first kappa shape index (κ1) is 11.3. The highest BCUT2D eigenvalue weighted by molar-refractivity contribution is 5.96. The van der Waals surface area contributed by atoms with Crippen LogP contribution in [0.15, 0.2) is 54.9 Å². The molecule has 3 heteroatoms. The molecule has 2 rings (SSSR count). The average molecular weight is 225 g/mol. The highest BCUT2D eigenvalue weighted by Gasteiger charge is 2.06. The molecular formula is C14H15N3. The lowest BCUT2D eigenvalue weighted by Crippen LogP contribution is -2.26. The quantitative estimate of drug-likeness (QED) is 0.644. The molecule has 0 radical (unpaired) electrons. The summed E-state index contributed by atoms with van der Waals surface area (Å²) < 4.78 is 0. The summed E-state index contributed by atoms with van der Waals surface area (Å²) in [6, 6.07) is 13.7. The van der Waals surface area contributed by atoms with Gasteiger partial charge in [0.05, 0.1) is 0 Å². The summed E-state index contributed by atoms with van der Waals surface area (Å²) >= 11 is 0. The van der Waals surface area contributed by atoms with E-state index in [2.05, 4.69) is 4.98 Å². The van der Waals surface area contributed by atoms with Crippen LogP contribution in [0.4, 0.5) is 0 Å². The molecule has 2 aromatic rings. The Morgan fingerprint density at radius 3 is 2.41 bits per heavy atom. The van der Waals surface area contributed by atoms with E-state index in [1.807, 2.05) is 54.4 Å². The van der Waals surface area contributed by atoms with E-state index in [0.29, 0.717) is 5.84 Å². The van der Waals surface area contributed by atoms with E-state index >= 15 is 0 Å². The fourth-order valence-electron chi connectivity index (χ4n) is 1.66. The van der Waals surface area contributed by atoms with Crippen LogP contribution in [0.2, 0.25) is 0 Å². The van der Waals surface area contributed by atoms with Gasteiger partial charge in [-0.25, -0.2) is 0 Å².